The average molecular weight is 652 g/mol. The summed E-state index contributed by atoms with van der Waals surface area (Å²) >= 11 is 0. The summed E-state index contributed by atoms with van der Waals surface area (Å²) < 4.78 is 34.2. The van der Waals surface area contributed by atoms with Crippen LogP contribution in [0.4, 0.5) is 19.3 Å². The number of anilines is 1. The van der Waals surface area contributed by atoms with Crippen molar-refractivity contribution >= 4 is 23.5 Å². The molecule has 1 aromatic heterocycles. The fraction of sp³-hybridized carbons (Fsp3) is 0.412. The third-order valence-electron chi connectivity index (χ3n) is 7.96. The molecule has 2 heterocycles. The molecule has 1 saturated heterocycles. The second-order valence-corrected chi connectivity index (χ2v) is 11.9. The number of pyridine rings is 1. The highest BCUT2D eigenvalue weighted by Crippen LogP contribution is 2.24. The molecule has 252 valence electrons. The minimum atomic E-state index is -1.08. The number of halogens is 2. The highest BCUT2D eigenvalue weighted by atomic mass is 19.1. The Morgan fingerprint density at radius 2 is 1.74 bits per heavy atom. The van der Waals surface area contributed by atoms with Crippen LogP contribution in [0.5, 0.6) is 11.6 Å². The number of carbonyl (C=O) groups is 3. The van der Waals surface area contributed by atoms with E-state index in [-0.39, 0.29) is 17.6 Å². The van der Waals surface area contributed by atoms with Crippen LogP contribution in [-0.2, 0) is 6.54 Å². The van der Waals surface area contributed by atoms with E-state index < -0.39 is 29.1 Å². The molecular weight excluding hydrogens is 608 g/mol. The van der Waals surface area contributed by atoms with Crippen LogP contribution in [0.1, 0.15) is 58.9 Å². The standard InChI is InChI=1S/C34H43F2N7O4/c1-4-5-15-43(34(46)40-30-19-27(32(37)44)28(35)20-29(30)36)25-12-16-42(17-13-25)22-23-6-11-31(39-21-23)47-26-9-7-24(8-10-26)33(45)38-14-18-41(2)3/h6-11,19-21,25H,4-5,12-18,22H2,1-3H3,(H2,37,44)(H,38,45)(H,40,46). The van der Waals surface area contributed by atoms with Crippen molar-refractivity contribution in [3.63, 3.8) is 0 Å². The Morgan fingerprint density at radius 3 is 2.36 bits per heavy atom. The number of piperidine rings is 1. The quantitative estimate of drug-likeness (QED) is 0.227. The van der Waals surface area contributed by atoms with Crippen molar-refractivity contribution in [2.45, 2.75) is 45.2 Å². The van der Waals surface area contributed by atoms with Crippen molar-refractivity contribution in [1.29, 1.82) is 0 Å². The number of nitrogens with one attached hydrogen (secondary N) is 2. The first-order valence-corrected chi connectivity index (χ1v) is 15.8. The van der Waals surface area contributed by atoms with Gasteiger partial charge in [0, 0.05) is 69.2 Å². The van der Waals surface area contributed by atoms with E-state index in [1.54, 1.807) is 41.4 Å². The molecule has 11 nitrogen and oxygen atoms in total. The number of nitrogens with zero attached hydrogens (tertiary/aromatic N) is 4. The molecule has 1 aliphatic rings. The maximum absolute atomic E-state index is 14.4. The van der Waals surface area contributed by atoms with Gasteiger partial charge in [-0.1, -0.05) is 19.4 Å². The zero-order valence-electron chi connectivity index (χ0n) is 27.1. The molecule has 0 spiro atoms. The molecule has 4 N–H and O–H groups in total. The lowest BCUT2D eigenvalue weighted by molar-refractivity contribution is 0.0949. The minimum absolute atomic E-state index is 0.0682. The molecule has 4 rings (SSSR count). The number of hydrogen-bond acceptors (Lipinski definition) is 7. The Bertz CT molecular complexity index is 1510. The van der Waals surface area contributed by atoms with Gasteiger partial charge in [0.1, 0.15) is 17.4 Å². The SMILES string of the molecule is CCCCN(C(=O)Nc1cc(C(N)=O)c(F)cc1F)C1CCN(Cc2ccc(Oc3ccc(C(=O)NCCN(C)C)cc3)nc2)CC1. The third-order valence-corrected chi connectivity index (χ3v) is 7.96. The number of primary amides is 1. The molecule has 47 heavy (non-hydrogen) atoms. The van der Waals surface area contributed by atoms with Crippen molar-refractivity contribution in [2.24, 2.45) is 5.73 Å². The third kappa shape index (κ3) is 10.2. The lowest BCUT2D eigenvalue weighted by Gasteiger charge is -2.38. The molecule has 0 saturated carbocycles. The molecule has 13 heteroatoms. The Balaban J connectivity index is 1.28. The number of likely N-dealkylation sites (N-methyl/N-ethyl adjacent to an activating group) is 1. The minimum Gasteiger partial charge on any atom is -0.439 e. The Kier molecular flexibility index (Phi) is 12.6. The van der Waals surface area contributed by atoms with Crippen LogP contribution in [-0.4, -0.2) is 90.4 Å². The molecule has 4 amide bonds. The first kappa shape index (κ1) is 35.2. The van der Waals surface area contributed by atoms with E-state index >= 15 is 0 Å². The lowest BCUT2D eigenvalue weighted by atomic mass is 10.0. The van der Waals surface area contributed by atoms with Gasteiger partial charge in [-0.2, -0.15) is 0 Å². The van der Waals surface area contributed by atoms with Gasteiger partial charge in [-0.15, -0.1) is 0 Å². The maximum Gasteiger partial charge on any atom is 0.322 e. The topological polar surface area (TPSA) is 133 Å². The number of benzene rings is 2. The van der Waals surface area contributed by atoms with E-state index in [0.29, 0.717) is 55.7 Å². The summed E-state index contributed by atoms with van der Waals surface area (Å²) in [6.07, 6.45) is 4.84. The molecule has 0 aliphatic carbocycles. The normalized spacial score (nSPS) is 13.7. The number of unbranched alkanes of at least 4 members (excludes halogenated alkanes) is 1. The summed E-state index contributed by atoms with van der Waals surface area (Å²) in [5.41, 5.74) is 5.98. The Hall–Kier alpha value is -4.62. The molecule has 0 bridgehead atoms. The van der Waals surface area contributed by atoms with Crippen LogP contribution >= 0.6 is 0 Å². The van der Waals surface area contributed by atoms with Crippen LogP contribution < -0.4 is 21.1 Å². The molecule has 2 aromatic carbocycles. The molecule has 1 aliphatic heterocycles. The van der Waals surface area contributed by atoms with Gasteiger partial charge in [0.15, 0.2) is 0 Å². The van der Waals surface area contributed by atoms with Crippen molar-refractivity contribution in [3.8, 4) is 11.6 Å². The summed E-state index contributed by atoms with van der Waals surface area (Å²) in [7, 11) is 3.90. The van der Waals surface area contributed by atoms with Crippen LogP contribution in [0.2, 0.25) is 0 Å². The van der Waals surface area contributed by atoms with E-state index in [2.05, 4.69) is 20.5 Å². The van der Waals surface area contributed by atoms with E-state index in [4.69, 9.17) is 10.5 Å². The number of aromatic nitrogens is 1. The van der Waals surface area contributed by atoms with Crippen molar-refractivity contribution < 1.29 is 27.9 Å². The van der Waals surface area contributed by atoms with E-state index in [9.17, 15) is 23.2 Å². The van der Waals surface area contributed by atoms with E-state index in [0.717, 1.165) is 44.1 Å². The van der Waals surface area contributed by atoms with Gasteiger partial charge in [-0.3, -0.25) is 14.5 Å². The second kappa shape index (κ2) is 16.8. The van der Waals surface area contributed by atoms with Gasteiger partial charge in [0.25, 0.3) is 11.8 Å². The van der Waals surface area contributed by atoms with Crippen LogP contribution in [0.3, 0.4) is 0 Å². The summed E-state index contributed by atoms with van der Waals surface area (Å²) in [6.45, 7) is 5.98. The number of nitrogens with two attached hydrogens (primary N) is 1. The summed E-state index contributed by atoms with van der Waals surface area (Å²) in [5.74, 6) is -2.23. The number of likely N-dealkylation sites (tertiary alicyclic amines) is 1. The molecular formula is C34H43F2N7O4. The Labute approximate surface area is 274 Å². The average Bonchev–Trinajstić information content (AvgIpc) is 3.04. The molecule has 0 atom stereocenters. The fourth-order valence-corrected chi connectivity index (χ4v) is 5.30. The largest absolute Gasteiger partial charge is 0.439 e. The second-order valence-electron chi connectivity index (χ2n) is 11.9. The molecule has 3 aromatic rings. The van der Waals surface area contributed by atoms with Gasteiger partial charge < -0.3 is 30.9 Å². The molecule has 1 fully saturated rings. The van der Waals surface area contributed by atoms with E-state index in [1.807, 2.05) is 32.0 Å². The van der Waals surface area contributed by atoms with Gasteiger partial charge >= 0.3 is 6.03 Å². The summed E-state index contributed by atoms with van der Waals surface area (Å²) in [4.78, 5) is 47.5. The first-order chi connectivity index (χ1) is 22.5. The predicted octanol–water partition coefficient (Wildman–Crippen LogP) is 4.84. The lowest BCUT2D eigenvalue weighted by Crippen LogP contribution is -2.49. The van der Waals surface area contributed by atoms with Crippen molar-refractivity contribution in [2.75, 3.05) is 52.1 Å². The number of ether oxygens (including phenoxy) is 1. The monoisotopic (exact) mass is 651 g/mol. The van der Waals surface area contributed by atoms with Gasteiger partial charge in [0.2, 0.25) is 5.88 Å². The van der Waals surface area contributed by atoms with Gasteiger partial charge in [0.05, 0.1) is 11.3 Å². The molecule has 0 unspecified atom stereocenters. The number of carbonyl (C=O) groups excluding carboxylic acids is 3. The van der Waals surface area contributed by atoms with Gasteiger partial charge in [-0.05, 0) is 69.3 Å². The number of urea groups is 1. The maximum atomic E-state index is 14.4. The van der Waals surface area contributed by atoms with Crippen LogP contribution in [0, 0.1) is 11.6 Å². The Morgan fingerprint density at radius 1 is 1.02 bits per heavy atom. The smallest absolute Gasteiger partial charge is 0.322 e. The number of amides is 4. The van der Waals surface area contributed by atoms with Crippen molar-refractivity contribution in [3.05, 3.63) is 83.1 Å². The van der Waals surface area contributed by atoms with Crippen LogP contribution in [0.15, 0.2) is 54.7 Å². The van der Waals surface area contributed by atoms with Crippen LogP contribution in [0.25, 0.3) is 0 Å². The van der Waals surface area contributed by atoms with E-state index in [1.165, 1.54) is 0 Å². The molecule has 0 radical (unpaired) electrons. The predicted molar refractivity (Wildman–Crippen MR) is 175 cm³/mol. The van der Waals surface area contributed by atoms with Gasteiger partial charge in [-0.25, -0.2) is 18.6 Å². The first-order valence-electron chi connectivity index (χ1n) is 15.8. The fourth-order valence-electron chi connectivity index (χ4n) is 5.30. The summed E-state index contributed by atoms with van der Waals surface area (Å²) in [5, 5.41) is 5.40. The summed E-state index contributed by atoms with van der Waals surface area (Å²) in [6, 6.07) is 11.6. The highest BCUT2D eigenvalue weighted by Gasteiger charge is 2.28. The zero-order chi connectivity index (χ0) is 33.9. The number of hydrogen-bond donors (Lipinski definition) is 3. The number of rotatable bonds is 14. The zero-order valence-corrected chi connectivity index (χ0v) is 27.1. The van der Waals surface area contributed by atoms with Crippen molar-refractivity contribution in [1.82, 2.24) is 25.0 Å². The highest BCUT2D eigenvalue weighted by molar-refractivity contribution is 5.96.